The molecule has 3 heterocycles. The summed E-state index contributed by atoms with van der Waals surface area (Å²) in [6.07, 6.45) is 1.59. The van der Waals surface area contributed by atoms with Crippen molar-refractivity contribution >= 4 is 40.4 Å². The Hall–Kier alpha value is -4.99. The van der Waals surface area contributed by atoms with Crippen LogP contribution in [0.3, 0.4) is 0 Å². The molecule has 10 nitrogen and oxygen atoms in total. The van der Waals surface area contributed by atoms with Crippen molar-refractivity contribution in [3.8, 4) is 0 Å². The van der Waals surface area contributed by atoms with Crippen LogP contribution in [0.15, 0.2) is 60.8 Å². The lowest BCUT2D eigenvalue weighted by Crippen LogP contribution is -2.16. The van der Waals surface area contributed by atoms with Crippen LogP contribution in [-0.2, 0) is 11.8 Å². The zero-order chi connectivity index (χ0) is 25.4. The molecule has 0 bridgehead atoms. The van der Waals surface area contributed by atoms with E-state index in [1.165, 1.54) is 4.68 Å². The molecule has 10 heteroatoms. The SMILES string of the molecule is Cc1cc(N/C=C2\C(=O)Nc3ccc(C(=O)c4ccc(NC(=O)c5cc(C)nn5C)cc4)cc32)[nH]n1. The van der Waals surface area contributed by atoms with Crippen molar-refractivity contribution in [2.24, 2.45) is 7.05 Å². The van der Waals surface area contributed by atoms with Gasteiger partial charge in [-0.3, -0.25) is 24.2 Å². The van der Waals surface area contributed by atoms with Crippen molar-refractivity contribution in [1.29, 1.82) is 0 Å². The third-order valence-corrected chi connectivity index (χ3v) is 5.78. The van der Waals surface area contributed by atoms with Crippen LogP contribution in [0, 0.1) is 13.8 Å². The van der Waals surface area contributed by atoms with Crippen LogP contribution in [0.5, 0.6) is 0 Å². The van der Waals surface area contributed by atoms with Gasteiger partial charge in [0.05, 0.1) is 17.0 Å². The number of benzene rings is 2. The summed E-state index contributed by atoms with van der Waals surface area (Å²) in [4.78, 5) is 38.2. The summed E-state index contributed by atoms with van der Waals surface area (Å²) >= 11 is 0. The largest absolute Gasteiger partial charge is 0.346 e. The fraction of sp³-hybridized carbons (Fsp3) is 0.115. The van der Waals surface area contributed by atoms with Gasteiger partial charge in [0.1, 0.15) is 11.5 Å². The predicted molar refractivity (Wildman–Crippen MR) is 136 cm³/mol. The summed E-state index contributed by atoms with van der Waals surface area (Å²) < 4.78 is 1.52. The fourth-order valence-electron chi connectivity index (χ4n) is 4.01. The number of hydrogen-bond acceptors (Lipinski definition) is 6. The molecule has 1 aliphatic rings. The number of fused-ring (bicyclic) bond motifs is 1. The van der Waals surface area contributed by atoms with Gasteiger partial charge in [-0.25, -0.2) is 0 Å². The number of nitrogens with zero attached hydrogens (tertiary/aromatic N) is 3. The number of H-pyrrole nitrogens is 1. The van der Waals surface area contributed by atoms with Crippen molar-refractivity contribution in [3.05, 3.63) is 94.6 Å². The Kier molecular flexibility index (Phi) is 5.69. The minimum Gasteiger partial charge on any atom is -0.346 e. The predicted octanol–water partition coefficient (Wildman–Crippen LogP) is 3.65. The normalized spacial score (nSPS) is 13.4. The number of amides is 2. The minimum atomic E-state index is -0.286. The van der Waals surface area contributed by atoms with Gasteiger partial charge in [-0.2, -0.15) is 10.2 Å². The Morgan fingerprint density at radius 2 is 1.72 bits per heavy atom. The molecule has 0 spiro atoms. The molecule has 2 amide bonds. The highest BCUT2D eigenvalue weighted by molar-refractivity contribution is 6.32. The van der Waals surface area contributed by atoms with Crippen LogP contribution in [0.2, 0.25) is 0 Å². The Morgan fingerprint density at radius 1 is 0.972 bits per heavy atom. The molecule has 0 fully saturated rings. The number of anilines is 3. The molecule has 0 saturated heterocycles. The Bertz CT molecular complexity index is 1540. The van der Waals surface area contributed by atoms with E-state index in [0.29, 0.717) is 45.2 Å². The second kappa shape index (κ2) is 8.99. The number of aromatic amines is 1. The Labute approximate surface area is 206 Å². The van der Waals surface area contributed by atoms with E-state index in [1.54, 1.807) is 61.8 Å². The number of rotatable bonds is 6. The van der Waals surface area contributed by atoms with E-state index in [9.17, 15) is 14.4 Å². The van der Waals surface area contributed by atoms with Gasteiger partial charge >= 0.3 is 0 Å². The van der Waals surface area contributed by atoms with Crippen LogP contribution < -0.4 is 16.0 Å². The third kappa shape index (κ3) is 4.39. The highest BCUT2D eigenvalue weighted by atomic mass is 16.2. The first-order valence-electron chi connectivity index (χ1n) is 11.2. The molecular weight excluding hydrogens is 458 g/mol. The maximum atomic E-state index is 13.2. The van der Waals surface area contributed by atoms with E-state index in [0.717, 1.165) is 11.4 Å². The highest BCUT2D eigenvalue weighted by Gasteiger charge is 2.25. The molecule has 4 aromatic rings. The first-order chi connectivity index (χ1) is 17.3. The molecule has 0 saturated carbocycles. The first-order valence-corrected chi connectivity index (χ1v) is 11.2. The summed E-state index contributed by atoms with van der Waals surface area (Å²) in [5.74, 6) is -0.0961. The smallest absolute Gasteiger partial charge is 0.273 e. The number of carbonyl (C=O) groups is 3. The summed E-state index contributed by atoms with van der Waals surface area (Å²) in [6.45, 7) is 3.67. The van der Waals surface area contributed by atoms with E-state index in [-0.39, 0.29) is 17.6 Å². The van der Waals surface area contributed by atoms with Crippen molar-refractivity contribution < 1.29 is 14.4 Å². The van der Waals surface area contributed by atoms with Gasteiger partial charge < -0.3 is 16.0 Å². The van der Waals surface area contributed by atoms with Crippen LogP contribution in [0.4, 0.5) is 17.2 Å². The van der Waals surface area contributed by atoms with Gasteiger partial charge in [-0.15, -0.1) is 0 Å². The van der Waals surface area contributed by atoms with Gasteiger partial charge in [-0.05, 0) is 62.4 Å². The zero-order valence-corrected chi connectivity index (χ0v) is 19.8. The highest BCUT2D eigenvalue weighted by Crippen LogP contribution is 2.33. The van der Waals surface area contributed by atoms with E-state index in [1.807, 2.05) is 19.9 Å². The monoisotopic (exact) mass is 481 g/mol. The van der Waals surface area contributed by atoms with E-state index in [2.05, 4.69) is 31.2 Å². The maximum absolute atomic E-state index is 13.2. The number of aryl methyl sites for hydroxylation is 3. The van der Waals surface area contributed by atoms with Gasteiger partial charge in [0.15, 0.2) is 5.78 Å². The summed E-state index contributed by atoms with van der Waals surface area (Å²) in [7, 11) is 1.71. The van der Waals surface area contributed by atoms with Crippen molar-refractivity contribution in [3.63, 3.8) is 0 Å². The van der Waals surface area contributed by atoms with Crippen LogP contribution >= 0.6 is 0 Å². The third-order valence-electron chi connectivity index (χ3n) is 5.78. The lowest BCUT2D eigenvalue weighted by molar-refractivity contribution is -0.110. The number of hydrogen-bond donors (Lipinski definition) is 4. The van der Waals surface area contributed by atoms with Gasteiger partial charge in [0.25, 0.3) is 11.8 Å². The van der Waals surface area contributed by atoms with Crippen LogP contribution in [-0.4, -0.2) is 37.6 Å². The molecule has 5 rings (SSSR count). The zero-order valence-electron chi connectivity index (χ0n) is 19.8. The number of nitrogens with one attached hydrogen (secondary N) is 4. The lowest BCUT2D eigenvalue weighted by Gasteiger charge is -2.08. The van der Waals surface area contributed by atoms with Crippen molar-refractivity contribution in [1.82, 2.24) is 20.0 Å². The molecule has 4 N–H and O–H groups in total. The van der Waals surface area contributed by atoms with E-state index in [4.69, 9.17) is 0 Å². The van der Waals surface area contributed by atoms with Crippen molar-refractivity contribution in [2.75, 3.05) is 16.0 Å². The van der Waals surface area contributed by atoms with Gasteiger partial charge in [0, 0.05) is 47.4 Å². The number of carbonyl (C=O) groups excluding carboxylic acids is 3. The van der Waals surface area contributed by atoms with Gasteiger partial charge in [0.2, 0.25) is 0 Å². The first kappa shape index (κ1) is 22.8. The maximum Gasteiger partial charge on any atom is 0.273 e. The molecule has 2 aromatic carbocycles. The minimum absolute atomic E-state index is 0.200. The molecule has 0 aliphatic carbocycles. The fourth-order valence-corrected chi connectivity index (χ4v) is 4.01. The number of ketones is 1. The molecule has 0 radical (unpaired) electrons. The van der Waals surface area contributed by atoms with E-state index >= 15 is 0 Å². The second-order valence-corrected chi connectivity index (χ2v) is 8.50. The molecular formula is C26H23N7O3. The molecule has 0 unspecified atom stereocenters. The topological polar surface area (TPSA) is 134 Å². The summed E-state index contributed by atoms with van der Waals surface area (Å²) in [5, 5.41) is 19.7. The molecule has 180 valence electrons. The molecule has 1 aliphatic heterocycles. The quantitative estimate of drug-likeness (QED) is 0.245. The standard InChI is InChI=1S/C26H23N7O3/c1-14-11-23(31-30-14)27-13-20-19-12-17(6-9-21(19)29-25(20)35)24(34)16-4-7-18(8-5-16)28-26(36)22-10-15(2)32-33(22)3/h4-13H,1-3H3,(H,28,36)(H,29,35)(H2,27,30,31)/b20-13-. The van der Waals surface area contributed by atoms with E-state index < -0.39 is 0 Å². The number of aromatic nitrogens is 4. The molecule has 0 atom stereocenters. The molecule has 36 heavy (non-hydrogen) atoms. The van der Waals surface area contributed by atoms with Crippen LogP contribution in [0.25, 0.3) is 5.57 Å². The van der Waals surface area contributed by atoms with Crippen LogP contribution in [0.1, 0.15) is 43.4 Å². The summed E-state index contributed by atoms with van der Waals surface area (Å²) in [6, 6.07) is 15.3. The van der Waals surface area contributed by atoms with Crippen molar-refractivity contribution in [2.45, 2.75) is 13.8 Å². The molecule has 2 aromatic heterocycles. The lowest BCUT2D eigenvalue weighted by atomic mass is 9.98. The average molecular weight is 482 g/mol. The van der Waals surface area contributed by atoms with Gasteiger partial charge in [-0.1, -0.05) is 0 Å². The summed E-state index contributed by atoms with van der Waals surface area (Å²) in [5.41, 5.74) is 5.14. The Morgan fingerprint density at radius 3 is 2.39 bits per heavy atom. The Balaban J connectivity index is 1.33. The second-order valence-electron chi connectivity index (χ2n) is 8.50. The average Bonchev–Trinajstić information content (AvgIpc) is 3.52.